The third-order valence-corrected chi connectivity index (χ3v) is 2.83. The molecule has 2 rings (SSSR count). The number of benzene rings is 1. The van der Waals surface area contributed by atoms with Crippen molar-refractivity contribution in [2.75, 3.05) is 11.9 Å². The van der Waals surface area contributed by atoms with E-state index in [1.54, 1.807) is 0 Å². The second-order valence-electron chi connectivity index (χ2n) is 4.15. The van der Waals surface area contributed by atoms with Crippen molar-refractivity contribution >= 4 is 11.6 Å². The number of ether oxygens (including phenoxy) is 1. The number of anilines is 1. The van der Waals surface area contributed by atoms with E-state index in [2.05, 4.69) is 5.32 Å². The van der Waals surface area contributed by atoms with Crippen LogP contribution in [0.4, 0.5) is 10.1 Å². The van der Waals surface area contributed by atoms with Gasteiger partial charge in [0.25, 0.3) is 5.91 Å². The van der Waals surface area contributed by atoms with Crippen molar-refractivity contribution in [3.63, 3.8) is 0 Å². The zero-order valence-electron chi connectivity index (χ0n) is 9.78. The van der Waals surface area contributed by atoms with E-state index in [0.29, 0.717) is 13.0 Å². The van der Waals surface area contributed by atoms with Crippen molar-refractivity contribution in [3.8, 4) is 6.07 Å². The Morgan fingerprint density at radius 3 is 2.94 bits per heavy atom. The first kappa shape index (κ1) is 12.5. The normalized spacial score (nSPS) is 19.0. The van der Waals surface area contributed by atoms with E-state index in [-0.39, 0.29) is 17.2 Å². The maximum absolute atomic E-state index is 13.6. The van der Waals surface area contributed by atoms with Gasteiger partial charge in [-0.3, -0.25) is 4.79 Å². The van der Waals surface area contributed by atoms with Crippen LogP contribution in [0.25, 0.3) is 0 Å². The number of nitriles is 1. The fourth-order valence-electron chi connectivity index (χ4n) is 1.85. The average Bonchev–Trinajstić information content (AvgIpc) is 2.42. The number of rotatable bonds is 2. The van der Waals surface area contributed by atoms with Crippen LogP contribution in [-0.2, 0) is 9.53 Å². The van der Waals surface area contributed by atoms with E-state index < -0.39 is 11.9 Å². The number of carbonyl (C=O) groups is 1. The fraction of sp³-hybridized carbons (Fsp3) is 0.385. The molecule has 0 saturated carbocycles. The minimum absolute atomic E-state index is 0.0770. The van der Waals surface area contributed by atoms with Gasteiger partial charge in [-0.1, -0.05) is 0 Å². The Morgan fingerprint density at radius 1 is 1.50 bits per heavy atom. The maximum Gasteiger partial charge on any atom is 0.253 e. The predicted molar refractivity (Wildman–Crippen MR) is 63.3 cm³/mol. The molecule has 0 spiro atoms. The van der Waals surface area contributed by atoms with E-state index in [1.807, 2.05) is 6.07 Å². The molecule has 1 heterocycles. The van der Waals surface area contributed by atoms with Crippen LogP contribution in [0.15, 0.2) is 18.2 Å². The molecular formula is C13H13FN2O2. The van der Waals surface area contributed by atoms with Gasteiger partial charge in [0.1, 0.15) is 11.9 Å². The summed E-state index contributed by atoms with van der Waals surface area (Å²) in [4.78, 5) is 11.8. The molecule has 0 bridgehead atoms. The lowest BCUT2D eigenvalue weighted by atomic mass is 10.1. The van der Waals surface area contributed by atoms with Gasteiger partial charge in [0.15, 0.2) is 0 Å². The Hall–Kier alpha value is -1.93. The van der Waals surface area contributed by atoms with E-state index in [9.17, 15) is 9.18 Å². The van der Waals surface area contributed by atoms with Crippen molar-refractivity contribution in [1.82, 2.24) is 0 Å². The largest absolute Gasteiger partial charge is 0.368 e. The standard InChI is InChI=1S/C13H13FN2O2/c14-10-7-9(8-15)4-5-11(10)16-13(17)12-3-1-2-6-18-12/h4-5,7,12H,1-3,6H2,(H,16,17). The van der Waals surface area contributed by atoms with Crippen LogP contribution in [0.1, 0.15) is 24.8 Å². The van der Waals surface area contributed by atoms with Gasteiger partial charge in [0.2, 0.25) is 0 Å². The quantitative estimate of drug-likeness (QED) is 0.872. The molecule has 1 aliphatic rings. The Morgan fingerprint density at radius 2 is 2.33 bits per heavy atom. The number of hydrogen-bond acceptors (Lipinski definition) is 3. The number of nitrogens with zero attached hydrogens (tertiary/aromatic N) is 1. The van der Waals surface area contributed by atoms with Gasteiger partial charge in [0, 0.05) is 6.61 Å². The molecule has 1 N–H and O–H groups in total. The summed E-state index contributed by atoms with van der Waals surface area (Å²) in [6.45, 7) is 0.563. The molecule has 4 nitrogen and oxygen atoms in total. The lowest BCUT2D eigenvalue weighted by molar-refractivity contribution is -0.130. The zero-order chi connectivity index (χ0) is 13.0. The Balaban J connectivity index is 2.04. The summed E-state index contributed by atoms with van der Waals surface area (Å²) in [5, 5.41) is 11.1. The van der Waals surface area contributed by atoms with Crippen molar-refractivity contribution < 1.29 is 13.9 Å². The average molecular weight is 248 g/mol. The first-order chi connectivity index (χ1) is 8.70. The van der Waals surface area contributed by atoms with Crippen LogP contribution in [-0.4, -0.2) is 18.6 Å². The van der Waals surface area contributed by atoms with Gasteiger partial charge in [-0.25, -0.2) is 4.39 Å². The van der Waals surface area contributed by atoms with Gasteiger partial charge in [-0.05, 0) is 37.5 Å². The summed E-state index contributed by atoms with van der Waals surface area (Å²) >= 11 is 0. The van der Waals surface area contributed by atoms with E-state index in [4.69, 9.17) is 10.00 Å². The minimum atomic E-state index is -0.613. The molecule has 0 aromatic heterocycles. The summed E-state index contributed by atoms with van der Waals surface area (Å²) in [6.07, 6.45) is 2.04. The van der Waals surface area contributed by atoms with Crippen LogP contribution >= 0.6 is 0 Å². The van der Waals surface area contributed by atoms with Crippen molar-refractivity contribution in [1.29, 1.82) is 5.26 Å². The Kier molecular flexibility index (Phi) is 3.90. The summed E-state index contributed by atoms with van der Waals surface area (Å²) in [6, 6.07) is 5.77. The van der Waals surface area contributed by atoms with E-state index in [0.717, 1.165) is 18.9 Å². The predicted octanol–water partition coefficient (Wildman–Crippen LogP) is 2.20. The topological polar surface area (TPSA) is 62.1 Å². The van der Waals surface area contributed by atoms with Crippen LogP contribution in [0.2, 0.25) is 0 Å². The zero-order valence-corrected chi connectivity index (χ0v) is 9.78. The molecule has 1 atom stereocenters. The molecule has 94 valence electrons. The number of amides is 1. The van der Waals surface area contributed by atoms with Gasteiger partial charge < -0.3 is 10.1 Å². The molecule has 1 amide bonds. The van der Waals surface area contributed by atoms with Gasteiger partial charge in [-0.15, -0.1) is 0 Å². The molecule has 1 aromatic rings. The summed E-state index contributed by atoms with van der Waals surface area (Å²) in [5.41, 5.74) is 0.299. The molecule has 0 aliphatic carbocycles. The van der Waals surface area contributed by atoms with Gasteiger partial charge in [0.05, 0.1) is 17.3 Å². The Labute approximate surface area is 104 Å². The SMILES string of the molecule is N#Cc1ccc(NC(=O)C2CCCCO2)c(F)c1. The number of carbonyl (C=O) groups excluding carboxylic acids is 1. The number of nitrogens with one attached hydrogen (secondary N) is 1. The highest BCUT2D eigenvalue weighted by atomic mass is 19.1. The van der Waals surface area contributed by atoms with Crippen LogP contribution in [0, 0.1) is 17.1 Å². The second-order valence-corrected chi connectivity index (χ2v) is 4.15. The molecule has 0 radical (unpaired) electrons. The highest BCUT2D eigenvalue weighted by Gasteiger charge is 2.22. The molecule has 5 heteroatoms. The third-order valence-electron chi connectivity index (χ3n) is 2.83. The first-order valence-electron chi connectivity index (χ1n) is 5.83. The highest BCUT2D eigenvalue weighted by Crippen LogP contribution is 2.18. The summed E-state index contributed by atoms with van der Waals surface area (Å²) in [7, 11) is 0. The van der Waals surface area contributed by atoms with Gasteiger partial charge in [-0.2, -0.15) is 5.26 Å². The summed E-state index contributed by atoms with van der Waals surface area (Å²) in [5.74, 6) is -0.948. The Bertz CT molecular complexity index is 490. The smallest absolute Gasteiger partial charge is 0.253 e. The van der Waals surface area contributed by atoms with Crippen molar-refractivity contribution in [2.45, 2.75) is 25.4 Å². The fourth-order valence-corrected chi connectivity index (χ4v) is 1.85. The lowest BCUT2D eigenvalue weighted by Crippen LogP contribution is -2.33. The van der Waals surface area contributed by atoms with Crippen LogP contribution in [0.3, 0.4) is 0 Å². The highest BCUT2D eigenvalue weighted by molar-refractivity contribution is 5.94. The van der Waals surface area contributed by atoms with E-state index >= 15 is 0 Å². The number of halogens is 1. The van der Waals surface area contributed by atoms with Gasteiger partial charge >= 0.3 is 0 Å². The monoisotopic (exact) mass is 248 g/mol. The molecule has 1 aromatic carbocycles. The molecular weight excluding hydrogens is 235 g/mol. The maximum atomic E-state index is 13.6. The minimum Gasteiger partial charge on any atom is -0.368 e. The van der Waals surface area contributed by atoms with Crippen molar-refractivity contribution in [2.24, 2.45) is 0 Å². The molecule has 1 aliphatic heterocycles. The molecule has 18 heavy (non-hydrogen) atoms. The second kappa shape index (κ2) is 5.61. The molecule has 1 saturated heterocycles. The van der Waals surface area contributed by atoms with Crippen LogP contribution < -0.4 is 5.32 Å². The summed E-state index contributed by atoms with van der Waals surface area (Å²) < 4.78 is 18.9. The third kappa shape index (κ3) is 2.84. The van der Waals surface area contributed by atoms with Crippen LogP contribution in [0.5, 0.6) is 0 Å². The van der Waals surface area contributed by atoms with Crippen molar-refractivity contribution in [3.05, 3.63) is 29.6 Å². The van der Waals surface area contributed by atoms with E-state index in [1.165, 1.54) is 12.1 Å². The molecule has 1 unspecified atom stereocenters. The molecule has 1 fully saturated rings. The first-order valence-corrected chi connectivity index (χ1v) is 5.83. The number of hydrogen-bond donors (Lipinski definition) is 1. The lowest BCUT2D eigenvalue weighted by Gasteiger charge is -2.21.